The molecular formula is C85H106B2Cl2O35. The molecule has 0 bridgehead atoms. The number of allylic oxidation sites excluding steroid dienone is 1. The molecular weight excluding hydrogens is 1670 g/mol. The molecule has 0 spiro atoms. The van der Waals surface area contributed by atoms with Gasteiger partial charge in [-0.1, -0.05) is 78.9 Å². The number of aliphatic carboxylic acids is 2. The van der Waals surface area contributed by atoms with Crippen LogP contribution in [0.15, 0.2) is 140 Å². The molecule has 0 unspecified atom stereocenters. The van der Waals surface area contributed by atoms with Crippen LogP contribution < -0.4 is 0 Å². The minimum Gasteiger partial charge on any atom is -0.478 e. The topological polar surface area (TPSA) is 601 Å². The number of aldehydes is 1. The molecule has 35 nitrogen and oxygen atoms in total. The second kappa shape index (κ2) is 75.2. The summed E-state index contributed by atoms with van der Waals surface area (Å²) >= 11 is 9.35. The number of rotatable bonds is 34. The zero-order chi connectivity index (χ0) is 94.9. The summed E-state index contributed by atoms with van der Waals surface area (Å²) < 4.78 is 35.8. The van der Waals surface area contributed by atoms with Crippen LogP contribution in [0.1, 0.15) is 172 Å². The Hall–Kier alpha value is -11.6. The third-order valence-corrected chi connectivity index (χ3v) is 14.7. The molecule has 124 heavy (non-hydrogen) atoms. The average Bonchev–Trinajstić information content (AvgIpc) is 0.953. The van der Waals surface area contributed by atoms with Gasteiger partial charge in [0.1, 0.15) is 12.1 Å². The van der Waals surface area contributed by atoms with Crippen molar-refractivity contribution in [2.24, 2.45) is 0 Å². The largest absolute Gasteiger partial charge is 0.478 e. The average molecular weight is 1780 g/mol. The third kappa shape index (κ3) is 60.8. The zero-order valence-corrected chi connectivity index (χ0v) is 70.7. The summed E-state index contributed by atoms with van der Waals surface area (Å²) in [6.07, 6.45) is 13.7. The van der Waals surface area contributed by atoms with E-state index in [-0.39, 0.29) is 141 Å². The third-order valence-electron chi connectivity index (χ3n) is 14.6. The fraction of sp³-hybridized carbons (Fsp3) is 0.318. The molecule has 0 fully saturated rings. The summed E-state index contributed by atoms with van der Waals surface area (Å²) in [4.78, 5) is 126. The first kappa shape index (κ1) is 119. The minimum absolute atomic E-state index is 0.0213. The van der Waals surface area contributed by atoms with E-state index in [1.807, 2.05) is 0 Å². The van der Waals surface area contributed by atoms with Crippen molar-refractivity contribution >= 4 is 138 Å². The molecule has 0 heterocycles. The Morgan fingerprint density at radius 3 is 0.839 bits per heavy atom. The number of hydrogen-bond acceptors (Lipinski definition) is 33. The van der Waals surface area contributed by atoms with Crippen LogP contribution in [0.5, 0.6) is 0 Å². The maximum Gasteiger partial charge on any atom is 0.328 e. The summed E-state index contributed by atoms with van der Waals surface area (Å²) in [6, 6.07) is 30.1. The molecule has 6 rings (SSSR count). The van der Waals surface area contributed by atoms with E-state index in [4.69, 9.17) is 97.5 Å². The Morgan fingerprint density at radius 2 is 0.613 bits per heavy atom. The number of Topliss-reactive ketones (excluding diaryl/α,β-unsaturated/α-hetero) is 1. The minimum atomic E-state index is -1.80. The van der Waals surface area contributed by atoms with Crippen LogP contribution in [-0.2, 0) is 156 Å². The van der Waals surface area contributed by atoms with Gasteiger partial charge in [-0.25, -0.2) is 28.8 Å². The van der Waals surface area contributed by atoms with E-state index in [0.717, 1.165) is 29.4 Å². The maximum atomic E-state index is 11.6. The zero-order valence-electron chi connectivity index (χ0n) is 69.2. The van der Waals surface area contributed by atoms with Crippen LogP contribution in [-0.4, -0.2) is 200 Å². The maximum absolute atomic E-state index is 11.6. The molecule has 0 saturated heterocycles. The van der Waals surface area contributed by atoms with Gasteiger partial charge in [0.2, 0.25) is 5.24 Å². The Bertz CT molecular complexity index is 4320. The van der Waals surface area contributed by atoms with E-state index in [1.54, 1.807) is 149 Å². The number of carbonyl (C=O) groups excluding carboxylic acids is 10. The Labute approximate surface area is 726 Å². The number of esters is 4. The van der Waals surface area contributed by atoms with Crippen LogP contribution in [0, 0.1) is 0 Å². The number of methoxy groups -OCH3 is 1. The molecule has 39 heteroatoms. The van der Waals surface area contributed by atoms with Crippen LogP contribution in [0.3, 0.4) is 0 Å². The number of halogens is 2. The van der Waals surface area contributed by atoms with Gasteiger partial charge in [0.25, 0.3) is 0 Å². The molecule has 0 amide bonds. The van der Waals surface area contributed by atoms with E-state index < -0.39 is 42.5 Å². The summed E-state index contributed by atoms with van der Waals surface area (Å²) in [5, 5.41) is 140. The monoisotopic (exact) mass is 1780 g/mol. The summed E-state index contributed by atoms with van der Waals surface area (Å²) in [5.74, 6) is -4.14. The van der Waals surface area contributed by atoms with Gasteiger partial charge in [-0.15, -0.1) is 0 Å². The molecule has 0 atom stereocenters. The molecule has 0 aliphatic rings. The van der Waals surface area contributed by atoms with Gasteiger partial charge in [-0.3, -0.25) is 24.0 Å². The molecule has 0 aromatic heterocycles. The van der Waals surface area contributed by atoms with Gasteiger partial charge in [0, 0.05) is 61.2 Å². The van der Waals surface area contributed by atoms with Gasteiger partial charge in [0.05, 0.1) is 126 Å². The molecule has 6 aromatic rings. The summed E-state index contributed by atoms with van der Waals surface area (Å²) in [6.45, 7) is 8.80. The Morgan fingerprint density at radius 1 is 0.363 bits per heavy atom. The second-order valence-electron chi connectivity index (χ2n) is 23.6. The fourth-order valence-electron chi connectivity index (χ4n) is 8.63. The van der Waals surface area contributed by atoms with Gasteiger partial charge in [0.15, 0.2) is 5.78 Å². The molecule has 16 N–H and O–H groups in total. The summed E-state index contributed by atoms with van der Waals surface area (Å²) in [5.41, 5.74) is 10.8. The van der Waals surface area contributed by atoms with Gasteiger partial charge < -0.3 is 105 Å². The SMILES string of the molecule is CC(=O)Cl.CCOC(=O)CCC(=O)/C=C/c1ccc(CO)c(CO)c1.CCOC(=O)CCC(C)=O.CCOC(=O)Cl.CCOC(=O)OC(=O)/C=C/c1ccc(CO)c(CO)c1.COC(=O)/C=C/c1ccc(CO)c(CO)c1.O=BB(O)O.O=C(O)/C=C/c1ccc(CO)c(CO)c1.O=C(O)/C=C/c1ccc(CO)c(CO)c1.O=Cc1ccc(CO)c(CO)c1. The smallest absolute Gasteiger partial charge is 0.328 e. The predicted octanol–water partition coefficient (Wildman–Crippen LogP) is 6.94. The van der Waals surface area contributed by atoms with E-state index in [1.165, 1.54) is 51.3 Å². The van der Waals surface area contributed by atoms with E-state index in [9.17, 15) is 62.6 Å². The van der Waals surface area contributed by atoms with Crippen LogP contribution >= 0.6 is 23.2 Å². The Balaban J connectivity index is -0.000000664. The van der Waals surface area contributed by atoms with Crippen molar-refractivity contribution in [2.45, 2.75) is 147 Å². The number of ketones is 2. The fourth-order valence-corrected chi connectivity index (χ4v) is 8.74. The van der Waals surface area contributed by atoms with Crippen molar-refractivity contribution in [2.75, 3.05) is 33.5 Å². The Kier molecular flexibility index (Phi) is 72.0. The molecule has 676 valence electrons. The van der Waals surface area contributed by atoms with Gasteiger partial charge in [-0.2, -0.15) is 0 Å². The van der Waals surface area contributed by atoms with Crippen molar-refractivity contribution in [3.05, 3.63) is 240 Å². The van der Waals surface area contributed by atoms with Crippen LogP contribution in [0.4, 0.5) is 9.59 Å². The number of carboxylic acid groups (broad SMARTS) is 2. The molecule has 0 saturated carbocycles. The number of carboxylic acids is 2. The quantitative estimate of drug-likeness (QED) is 0.00370. The second-order valence-corrected chi connectivity index (χ2v) is 24.5. The molecule has 0 aliphatic carbocycles. The van der Waals surface area contributed by atoms with E-state index >= 15 is 0 Å². The van der Waals surface area contributed by atoms with Crippen molar-refractivity contribution in [3.8, 4) is 0 Å². The van der Waals surface area contributed by atoms with Gasteiger partial charge >= 0.3 is 76.2 Å². The number of ether oxygens (including phenoxy) is 6. The predicted molar refractivity (Wildman–Crippen MR) is 454 cm³/mol. The van der Waals surface area contributed by atoms with Crippen molar-refractivity contribution < 1.29 is 172 Å². The van der Waals surface area contributed by atoms with Crippen LogP contribution in [0.25, 0.3) is 30.4 Å². The first-order valence-corrected chi connectivity index (χ1v) is 37.7. The first-order chi connectivity index (χ1) is 59.0. The van der Waals surface area contributed by atoms with Crippen LogP contribution in [0.2, 0.25) is 0 Å². The number of hydrogen-bond donors (Lipinski definition) is 16. The van der Waals surface area contributed by atoms with Crippen molar-refractivity contribution in [3.63, 3.8) is 0 Å². The number of aliphatic hydroxyl groups excluding tert-OH is 12. The molecule has 0 aliphatic heterocycles. The van der Waals surface area contributed by atoms with Crippen molar-refractivity contribution in [1.82, 2.24) is 0 Å². The summed E-state index contributed by atoms with van der Waals surface area (Å²) in [7, 11) is -0.462. The van der Waals surface area contributed by atoms with Crippen molar-refractivity contribution in [1.29, 1.82) is 0 Å². The first-order valence-electron chi connectivity index (χ1n) is 36.9. The van der Waals surface area contributed by atoms with Gasteiger partial charge in [-0.05, 0) is 208 Å². The molecule has 6 aromatic carbocycles. The van der Waals surface area contributed by atoms with E-state index in [2.05, 4.69) is 35.3 Å². The molecule has 0 radical (unpaired) electrons. The number of aliphatic hydroxyl groups is 12. The number of carbonyl (C=O) groups is 12. The standard InChI is InChI=1S/C16H20O5.C14H16O6.C12H14O4.2C11H12O4.C9H10O3.C7H12O3.C3H5ClO2.C2H3ClO.B2H2O3/c1-2-21-16(20)8-7-15(19)6-4-12-3-5-13(10-17)14(9-12)11-18;1-2-19-14(18)20-13(17)6-4-10-3-5-11(8-15)12(7-10)9-16;1-16-12(15)5-3-9-2-4-10(7-13)11(6-9)8-14;2*12-6-9-3-1-8(2-4-11(14)15)5-10(9)7-13;10-4-7-1-2-8(5-11)9(3-7)6-12;1-3-10-7(9)5-4-6(2)8;1-2-6-3(4)5;1-2(3)4;3-1-2(4)5/h3-6,9,17-18H,2,7-8,10-11H2,1H3;3-7,15-16H,2,8-9H2,1H3;2-6,13-14H,7-8H2,1H3;2*1-5,12-13H,6-7H2,(H,14,15);1-4,11-12H,5-6H2;3-5H2,1-2H3;2H2,1H3;1H3;4-5H/b2*6-4+;5-3+;2*4-2+;;;;;. The normalized spacial score (nSPS) is 10.0. The number of benzene rings is 6. The van der Waals surface area contributed by atoms with E-state index in [0.29, 0.717) is 122 Å².